The minimum absolute atomic E-state index is 0.00796. The normalized spacial score (nSPS) is 11.9. The Morgan fingerprint density at radius 3 is 2.16 bits per heavy atom. The van der Waals surface area contributed by atoms with Gasteiger partial charge in [-0.15, -0.1) is 0 Å². The lowest BCUT2D eigenvalue weighted by molar-refractivity contribution is -0.140. The second-order valence-corrected chi connectivity index (χ2v) is 13.0. The van der Waals surface area contributed by atoms with Crippen LogP contribution in [0.2, 0.25) is 10.0 Å². The fourth-order valence-electron chi connectivity index (χ4n) is 4.75. The number of rotatable bonds is 14. The van der Waals surface area contributed by atoms with Crippen molar-refractivity contribution in [2.45, 2.75) is 43.7 Å². The van der Waals surface area contributed by atoms with Crippen molar-refractivity contribution in [1.82, 2.24) is 10.2 Å². The third-order valence-electron chi connectivity index (χ3n) is 7.11. The van der Waals surface area contributed by atoms with Crippen LogP contribution in [0.1, 0.15) is 30.9 Å². The largest absolute Gasteiger partial charge is 0.354 e. The maximum absolute atomic E-state index is 14.4. The number of anilines is 1. The first-order chi connectivity index (χ1) is 21.2. The van der Waals surface area contributed by atoms with Crippen LogP contribution in [0.3, 0.4) is 0 Å². The maximum atomic E-state index is 14.4. The number of amides is 2. The summed E-state index contributed by atoms with van der Waals surface area (Å²) >= 11 is 12.8. The van der Waals surface area contributed by atoms with Gasteiger partial charge in [-0.25, -0.2) is 8.42 Å². The van der Waals surface area contributed by atoms with Gasteiger partial charge in [0.1, 0.15) is 12.6 Å². The van der Waals surface area contributed by atoms with Crippen LogP contribution in [0.4, 0.5) is 5.69 Å². The van der Waals surface area contributed by atoms with Crippen LogP contribution in [0, 0.1) is 0 Å². The van der Waals surface area contributed by atoms with E-state index in [0.29, 0.717) is 22.2 Å². The van der Waals surface area contributed by atoms with Gasteiger partial charge >= 0.3 is 0 Å². The van der Waals surface area contributed by atoms with E-state index in [1.165, 1.54) is 23.1 Å². The van der Waals surface area contributed by atoms with Crippen molar-refractivity contribution < 1.29 is 18.0 Å². The molecule has 0 bridgehead atoms. The van der Waals surface area contributed by atoms with Crippen molar-refractivity contribution >= 4 is 50.7 Å². The molecule has 0 aliphatic heterocycles. The van der Waals surface area contributed by atoms with Crippen LogP contribution in [-0.2, 0) is 32.6 Å². The van der Waals surface area contributed by atoms with Gasteiger partial charge in [0.05, 0.1) is 10.6 Å². The Kier molecular flexibility index (Phi) is 11.8. The molecule has 1 unspecified atom stereocenters. The van der Waals surface area contributed by atoms with Crippen LogP contribution < -0.4 is 9.62 Å². The van der Waals surface area contributed by atoms with Gasteiger partial charge in [-0.3, -0.25) is 13.9 Å². The smallest absolute Gasteiger partial charge is 0.264 e. The number of sulfonamides is 1. The summed E-state index contributed by atoms with van der Waals surface area (Å²) in [6.45, 7) is 1.89. The number of carbonyl (C=O) groups excluding carboxylic acids is 2. The van der Waals surface area contributed by atoms with Gasteiger partial charge in [-0.05, 0) is 53.9 Å². The fourth-order valence-corrected chi connectivity index (χ4v) is 6.56. The SMILES string of the molecule is CCCCNC(=O)C(Cc1ccccc1)N(Cc1ccccc1Cl)C(=O)CN(c1cccc(Cl)c1)S(=O)(=O)c1ccccc1. The van der Waals surface area contributed by atoms with E-state index in [4.69, 9.17) is 23.2 Å². The summed E-state index contributed by atoms with van der Waals surface area (Å²) in [5.74, 6) is -0.904. The molecule has 0 spiro atoms. The highest BCUT2D eigenvalue weighted by Gasteiger charge is 2.34. The fraction of sp³-hybridized carbons (Fsp3) is 0.235. The third kappa shape index (κ3) is 8.62. The molecule has 0 aliphatic rings. The second-order valence-electron chi connectivity index (χ2n) is 10.3. The Labute approximate surface area is 269 Å². The summed E-state index contributed by atoms with van der Waals surface area (Å²) in [6.07, 6.45) is 1.88. The van der Waals surface area contributed by atoms with Gasteiger partial charge < -0.3 is 10.2 Å². The zero-order chi connectivity index (χ0) is 31.5. The van der Waals surface area contributed by atoms with E-state index in [0.717, 1.165) is 22.7 Å². The third-order valence-corrected chi connectivity index (χ3v) is 9.50. The van der Waals surface area contributed by atoms with Gasteiger partial charge in [0.2, 0.25) is 11.8 Å². The van der Waals surface area contributed by atoms with Crippen LogP contribution in [-0.4, -0.2) is 44.3 Å². The van der Waals surface area contributed by atoms with E-state index < -0.39 is 28.5 Å². The molecule has 0 aromatic heterocycles. The first kappa shape index (κ1) is 33.1. The van der Waals surface area contributed by atoms with E-state index in [-0.39, 0.29) is 29.5 Å². The Balaban J connectivity index is 1.79. The average molecular weight is 653 g/mol. The van der Waals surface area contributed by atoms with Crippen LogP contribution in [0.5, 0.6) is 0 Å². The van der Waals surface area contributed by atoms with Gasteiger partial charge in [0, 0.05) is 29.6 Å². The second kappa shape index (κ2) is 15.7. The zero-order valence-electron chi connectivity index (χ0n) is 24.4. The monoisotopic (exact) mass is 651 g/mol. The topological polar surface area (TPSA) is 86.8 Å². The number of halogens is 2. The highest BCUT2D eigenvalue weighted by Crippen LogP contribution is 2.27. The molecule has 1 atom stereocenters. The number of hydrogen-bond acceptors (Lipinski definition) is 4. The molecular weight excluding hydrogens is 617 g/mol. The van der Waals surface area contributed by atoms with Crippen molar-refractivity contribution in [2.75, 3.05) is 17.4 Å². The lowest BCUT2D eigenvalue weighted by atomic mass is 10.0. The summed E-state index contributed by atoms with van der Waals surface area (Å²) < 4.78 is 29.0. The van der Waals surface area contributed by atoms with Gasteiger partial charge in [-0.1, -0.05) is 109 Å². The molecule has 4 rings (SSSR count). The van der Waals surface area contributed by atoms with E-state index >= 15 is 0 Å². The molecule has 1 N–H and O–H groups in total. The number of hydrogen-bond donors (Lipinski definition) is 1. The Hall–Kier alpha value is -3.85. The molecular formula is C34H35Cl2N3O4S. The minimum Gasteiger partial charge on any atom is -0.354 e. The molecule has 7 nitrogen and oxygen atoms in total. The minimum atomic E-state index is -4.20. The molecule has 0 saturated heterocycles. The molecule has 10 heteroatoms. The molecule has 0 saturated carbocycles. The average Bonchev–Trinajstić information content (AvgIpc) is 3.03. The Morgan fingerprint density at radius 2 is 1.50 bits per heavy atom. The molecule has 0 heterocycles. The molecule has 4 aromatic rings. The quantitative estimate of drug-likeness (QED) is 0.153. The number of benzene rings is 4. The summed E-state index contributed by atoms with van der Waals surface area (Å²) in [4.78, 5) is 29.7. The molecule has 44 heavy (non-hydrogen) atoms. The Bertz CT molecular complexity index is 1650. The molecule has 0 aliphatic carbocycles. The van der Waals surface area contributed by atoms with Gasteiger partial charge in [0.25, 0.3) is 10.0 Å². The first-order valence-corrected chi connectivity index (χ1v) is 16.6. The summed E-state index contributed by atoms with van der Waals surface area (Å²) in [5, 5.41) is 3.72. The molecule has 230 valence electrons. The van der Waals surface area contributed by atoms with Crippen LogP contribution in [0.25, 0.3) is 0 Å². The number of nitrogens with one attached hydrogen (secondary N) is 1. The van der Waals surface area contributed by atoms with Gasteiger partial charge in [-0.2, -0.15) is 0 Å². The van der Waals surface area contributed by atoms with Crippen molar-refractivity contribution in [3.8, 4) is 0 Å². The highest BCUT2D eigenvalue weighted by atomic mass is 35.5. The van der Waals surface area contributed by atoms with Crippen molar-refractivity contribution in [2.24, 2.45) is 0 Å². The molecule has 0 fully saturated rings. The first-order valence-electron chi connectivity index (χ1n) is 14.4. The molecule has 2 amide bonds. The van der Waals surface area contributed by atoms with Crippen molar-refractivity contribution in [3.63, 3.8) is 0 Å². The van der Waals surface area contributed by atoms with E-state index in [9.17, 15) is 18.0 Å². The van der Waals surface area contributed by atoms with E-state index in [1.807, 2.05) is 37.3 Å². The number of unbranched alkanes of at least 4 members (excludes halogenated alkanes) is 1. The van der Waals surface area contributed by atoms with Gasteiger partial charge in [0.15, 0.2) is 0 Å². The highest BCUT2D eigenvalue weighted by molar-refractivity contribution is 7.92. The van der Waals surface area contributed by atoms with Crippen molar-refractivity contribution in [1.29, 1.82) is 0 Å². The van der Waals surface area contributed by atoms with Crippen LogP contribution >= 0.6 is 23.2 Å². The maximum Gasteiger partial charge on any atom is 0.264 e. The van der Waals surface area contributed by atoms with Crippen molar-refractivity contribution in [3.05, 3.63) is 130 Å². The predicted molar refractivity (Wildman–Crippen MR) is 176 cm³/mol. The predicted octanol–water partition coefficient (Wildman–Crippen LogP) is 6.75. The number of carbonyl (C=O) groups is 2. The molecule has 4 aromatic carbocycles. The lowest BCUT2D eigenvalue weighted by Gasteiger charge is -2.34. The standard InChI is InChI=1S/C34H35Cl2N3O4S/c1-2-3-21-37-34(41)32(22-26-13-6-4-7-14-26)38(24-27-15-10-11-20-31(27)36)33(40)25-39(29-17-12-16-28(35)23-29)44(42,43)30-18-8-5-9-19-30/h4-20,23,32H,2-3,21-22,24-25H2,1H3,(H,37,41). The number of nitrogens with zero attached hydrogens (tertiary/aromatic N) is 2. The summed E-state index contributed by atoms with van der Waals surface area (Å²) in [6, 6.07) is 29.7. The van der Waals surface area contributed by atoms with E-state index in [2.05, 4.69) is 5.32 Å². The van der Waals surface area contributed by atoms with E-state index in [1.54, 1.807) is 60.7 Å². The Morgan fingerprint density at radius 1 is 0.841 bits per heavy atom. The van der Waals surface area contributed by atoms with Crippen LogP contribution in [0.15, 0.2) is 114 Å². The lowest BCUT2D eigenvalue weighted by Crippen LogP contribution is -2.53. The molecule has 0 radical (unpaired) electrons. The summed E-state index contributed by atoms with van der Waals surface area (Å²) in [5.41, 5.74) is 1.70. The zero-order valence-corrected chi connectivity index (χ0v) is 26.7. The summed E-state index contributed by atoms with van der Waals surface area (Å²) in [7, 11) is -4.20.